The highest BCUT2D eigenvalue weighted by molar-refractivity contribution is 6.22. The molecule has 1 aromatic rings. The van der Waals surface area contributed by atoms with Crippen molar-refractivity contribution < 1.29 is 19.2 Å². The Bertz CT molecular complexity index is 673. The van der Waals surface area contributed by atoms with Crippen molar-refractivity contribution in [2.24, 2.45) is 0 Å². The van der Waals surface area contributed by atoms with Crippen molar-refractivity contribution >= 4 is 23.5 Å². The lowest BCUT2D eigenvalue weighted by atomic mass is 10.1. The van der Waals surface area contributed by atoms with Gasteiger partial charge in [0, 0.05) is 26.2 Å². The lowest BCUT2D eigenvalue weighted by molar-refractivity contribution is -0.133. The molecular weight excluding hydrogens is 310 g/mol. The van der Waals surface area contributed by atoms with Crippen LogP contribution in [0.5, 0.6) is 0 Å². The third kappa shape index (κ3) is 3.07. The fourth-order valence-corrected chi connectivity index (χ4v) is 3.09. The van der Waals surface area contributed by atoms with Gasteiger partial charge in [0.25, 0.3) is 11.8 Å². The number of amides is 3. The molecule has 0 aliphatic carbocycles. The molecule has 3 rings (SSSR count). The van der Waals surface area contributed by atoms with Crippen LogP contribution in [0.25, 0.3) is 0 Å². The van der Waals surface area contributed by atoms with Crippen molar-refractivity contribution in [3.05, 3.63) is 35.4 Å². The van der Waals surface area contributed by atoms with E-state index >= 15 is 0 Å². The zero-order valence-corrected chi connectivity index (χ0v) is 13.5. The number of hydrogen-bond acceptors (Lipinski definition) is 5. The average Bonchev–Trinajstić information content (AvgIpc) is 2.80. The highest BCUT2D eigenvalue weighted by Crippen LogP contribution is 2.22. The second kappa shape index (κ2) is 6.52. The van der Waals surface area contributed by atoms with Gasteiger partial charge in [-0.15, -0.1) is 0 Å². The minimum atomic E-state index is -0.417. The number of ketones is 1. The Hall–Kier alpha value is -2.54. The van der Waals surface area contributed by atoms with Crippen LogP contribution >= 0.6 is 0 Å². The first-order valence-corrected chi connectivity index (χ1v) is 7.92. The van der Waals surface area contributed by atoms with E-state index in [-0.39, 0.29) is 18.2 Å². The molecule has 0 bridgehead atoms. The van der Waals surface area contributed by atoms with Crippen molar-refractivity contribution in [2.45, 2.75) is 6.92 Å². The van der Waals surface area contributed by atoms with Gasteiger partial charge in [-0.25, -0.2) is 0 Å². The summed E-state index contributed by atoms with van der Waals surface area (Å²) >= 11 is 0. The van der Waals surface area contributed by atoms with Gasteiger partial charge in [-0.3, -0.25) is 29.0 Å². The summed E-state index contributed by atoms with van der Waals surface area (Å²) in [5.41, 5.74) is 0.697. The first-order chi connectivity index (χ1) is 11.5. The summed E-state index contributed by atoms with van der Waals surface area (Å²) < 4.78 is 0. The number of carbonyl (C=O) groups excluding carboxylic acids is 4. The number of piperazine rings is 1. The molecule has 24 heavy (non-hydrogen) atoms. The van der Waals surface area contributed by atoms with Gasteiger partial charge >= 0.3 is 0 Å². The summed E-state index contributed by atoms with van der Waals surface area (Å²) in [6, 6.07) is 6.59. The Morgan fingerprint density at radius 2 is 1.46 bits per heavy atom. The number of carbonyl (C=O) groups is 4. The molecule has 7 heteroatoms. The number of rotatable bonds is 4. The Balaban J connectivity index is 1.60. The molecule has 3 amide bonds. The molecule has 0 atom stereocenters. The highest BCUT2D eigenvalue weighted by Gasteiger charge is 2.37. The van der Waals surface area contributed by atoms with Crippen molar-refractivity contribution in [1.82, 2.24) is 14.7 Å². The Labute approximate surface area is 139 Å². The van der Waals surface area contributed by atoms with Gasteiger partial charge in [0.2, 0.25) is 5.91 Å². The van der Waals surface area contributed by atoms with E-state index in [0.717, 1.165) is 4.90 Å². The predicted octanol–water partition coefficient (Wildman–Crippen LogP) is 0.0158. The maximum Gasteiger partial charge on any atom is 0.262 e. The predicted molar refractivity (Wildman–Crippen MR) is 85.5 cm³/mol. The van der Waals surface area contributed by atoms with E-state index in [4.69, 9.17) is 0 Å². The molecule has 1 fully saturated rings. The fraction of sp³-hybridized carbons (Fsp3) is 0.412. The maximum absolute atomic E-state index is 12.4. The van der Waals surface area contributed by atoms with Gasteiger partial charge in [-0.2, -0.15) is 0 Å². The first kappa shape index (κ1) is 16.3. The summed E-state index contributed by atoms with van der Waals surface area (Å²) in [6.07, 6.45) is 0. The zero-order valence-electron chi connectivity index (χ0n) is 13.5. The van der Waals surface area contributed by atoms with Crippen LogP contribution in [0.3, 0.4) is 0 Å². The zero-order chi connectivity index (χ0) is 17.3. The monoisotopic (exact) mass is 329 g/mol. The molecule has 1 saturated heterocycles. The lowest BCUT2D eigenvalue weighted by Gasteiger charge is -2.34. The third-order valence-corrected chi connectivity index (χ3v) is 4.34. The van der Waals surface area contributed by atoms with E-state index in [1.54, 1.807) is 36.1 Å². The van der Waals surface area contributed by atoms with Crippen LogP contribution in [0.15, 0.2) is 24.3 Å². The smallest absolute Gasteiger partial charge is 0.262 e. The van der Waals surface area contributed by atoms with Crippen molar-refractivity contribution in [2.75, 3.05) is 39.3 Å². The summed E-state index contributed by atoms with van der Waals surface area (Å²) in [6.45, 7) is 3.92. The van der Waals surface area contributed by atoms with Crippen LogP contribution < -0.4 is 0 Å². The molecule has 0 N–H and O–H groups in total. The van der Waals surface area contributed by atoms with Crippen LogP contribution in [-0.4, -0.2) is 77.5 Å². The van der Waals surface area contributed by atoms with E-state index in [1.165, 1.54) is 0 Å². The summed E-state index contributed by atoms with van der Waals surface area (Å²) in [7, 11) is 0. The summed E-state index contributed by atoms with van der Waals surface area (Å²) in [4.78, 5) is 52.8. The number of hydrogen-bond donors (Lipinski definition) is 0. The largest absolute Gasteiger partial charge is 0.339 e. The van der Waals surface area contributed by atoms with Crippen LogP contribution in [0.4, 0.5) is 0 Å². The van der Waals surface area contributed by atoms with E-state index < -0.39 is 11.8 Å². The molecule has 1 aromatic carbocycles. The van der Waals surface area contributed by atoms with E-state index in [1.807, 2.05) is 4.90 Å². The minimum absolute atomic E-state index is 0.0980. The maximum atomic E-state index is 12.4. The van der Waals surface area contributed by atoms with Gasteiger partial charge in [-0.05, 0) is 19.1 Å². The van der Waals surface area contributed by atoms with Crippen LogP contribution in [0.1, 0.15) is 27.6 Å². The molecule has 0 saturated carbocycles. The van der Waals surface area contributed by atoms with Crippen LogP contribution in [0, 0.1) is 0 Å². The second-order valence-electron chi connectivity index (χ2n) is 6.10. The van der Waals surface area contributed by atoms with Gasteiger partial charge in [0.05, 0.1) is 17.7 Å². The van der Waals surface area contributed by atoms with Gasteiger partial charge in [-0.1, -0.05) is 12.1 Å². The van der Waals surface area contributed by atoms with Crippen molar-refractivity contribution in [1.29, 1.82) is 0 Å². The van der Waals surface area contributed by atoms with E-state index in [9.17, 15) is 19.2 Å². The van der Waals surface area contributed by atoms with Gasteiger partial charge in [0.15, 0.2) is 0 Å². The minimum Gasteiger partial charge on any atom is -0.339 e. The van der Waals surface area contributed by atoms with E-state index in [2.05, 4.69) is 0 Å². The van der Waals surface area contributed by atoms with Crippen LogP contribution in [-0.2, 0) is 9.59 Å². The standard InChI is InChI=1S/C17H19N3O4/c1-12(21)10-18-6-8-19(9-7-18)15(22)11-20-16(23)13-4-2-3-5-14(13)17(20)24/h2-5H,6-11H2,1H3. The number of benzene rings is 1. The van der Waals surface area contributed by atoms with Crippen molar-refractivity contribution in [3.8, 4) is 0 Å². The Morgan fingerprint density at radius 1 is 0.917 bits per heavy atom. The molecule has 2 heterocycles. The van der Waals surface area contributed by atoms with Gasteiger partial charge < -0.3 is 4.90 Å². The number of Topliss-reactive ketones (excluding diaryl/α,β-unsaturated/α-hetero) is 1. The molecule has 7 nitrogen and oxygen atoms in total. The molecule has 2 aliphatic rings. The van der Waals surface area contributed by atoms with Crippen LogP contribution in [0.2, 0.25) is 0 Å². The molecule has 0 aromatic heterocycles. The van der Waals surface area contributed by atoms with Crippen molar-refractivity contribution in [3.63, 3.8) is 0 Å². The second-order valence-corrected chi connectivity index (χ2v) is 6.10. The fourth-order valence-electron chi connectivity index (χ4n) is 3.09. The molecule has 0 spiro atoms. The number of fused-ring (bicyclic) bond motifs is 1. The normalized spacial score (nSPS) is 18.0. The lowest BCUT2D eigenvalue weighted by Crippen LogP contribution is -2.52. The Morgan fingerprint density at radius 3 is 1.96 bits per heavy atom. The third-order valence-electron chi connectivity index (χ3n) is 4.34. The summed E-state index contributed by atoms with van der Waals surface area (Å²) in [5, 5.41) is 0. The molecule has 126 valence electrons. The number of imide groups is 1. The first-order valence-electron chi connectivity index (χ1n) is 7.92. The quantitative estimate of drug-likeness (QED) is 0.728. The molecule has 0 radical (unpaired) electrons. The number of nitrogens with zero attached hydrogens (tertiary/aromatic N) is 3. The molecule has 2 aliphatic heterocycles. The topological polar surface area (TPSA) is 78.0 Å². The van der Waals surface area contributed by atoms with E-state index in [0.29, 0.717) is 43.9 Å². The molecular formula is C17H19N3O4. The SMILES string of the molecule is CC(=O)CN1CCN(C(=O)CN2C(=O)c3ccccc3C2=O)CC1. The highest BCUT2D eigenvalue weighted by atomic mass is 16.2. The summed E-state index contributed by atoms with van der Waals surface area (Å²) in [5.74, 6) is -0.980. The Kier molecular flexibility index (Phi) is 4.44. The molecule has 0 unspecified atom stereocenters. The average molecular weight is 329 g/mol. The van der Waals surface area contributed by atoms with Gasteiger partial charge in [0.1, 0.15) is 12.3 Å².